The fraction of sp³-hybridized carbons (Fsp3) is 0.909. The van der Waals surface area contributed by atoms with E-state index in [1.165, 1.54) is 0 Å². The predicted molar refractivity (Wildman–Crippen MR) is 57.8 cm³/mol. The Morgan fingerprint density at radius 3 is 2.53 bits per heavy atom. The van der Waals surface area contributed by atoms with Crippen LogP contribution in [0.15, 0.2) is 0 Å². The van der Waals surface area contributed by atoms with Gasteiger partial charge in [-0.3, -0.25) is 4.79 Å². The summed E-state index contributed by atoms with van der Waals surface area (Å²) in [6.07, 6.45) is 2.20. The Labute approximate surface area is 91.0 Å². The first-order valence-electron chi connectivity index (χ1n) is 5.65. The Morgan fingerprint density at radius 2 is 2.13 bits per heavy atom. The second-order valence-corrected chi connectivity index (χ2v) is 4.47. The van der Waals surface area contributed by atoms with E-state index in [0.29, 0.717) is 12.1 Å². The Morgan fingerprint density at radius 1 is 1.53 bits per heavy atom. The van der Waals surface area contributed by atoms with Crippen LogP contribution in [0, 0.1) is 5.92 Å². The van der Waals surface area contributed by atoms with E-state index in [-0.39, 0.29) is 5.92 Å². The molecule has 0 radical (unpaired) electrons. The van der Waals surface area contributed by atoms with E-state index in [0.717, 1.165) is 19.4 Å². The first kappa shape index (κ1) is 12.5. The molecule has 0 aliphatic heterocycles. The van der Waals surface area contributed by atoms with Gasteiger partial charge in [0.05, 0.1) is 6.10 Å². The number of hydrogen-bond donors (Lipinski definition) is 2. The van der Waals surface area contributed by atoms with E-state index in [9.17, 15) is 4.79 Å². The summed E-state index contributed by atoms with van der Waals surface area (Å²) in [5.41, 5.74) is 0. The first-order valence-corrected chi connectivity index (χ1v) is 5.65. The Hall–Kier alpha value is -0.610. The van der Waals surface area contributed by atoms with Gasteiger partial charge < -0.3 is 15.2 Å². The molecular weight excluding hydrogens is 194 g/mol. The van der Waals surface area contributed by atoms with Crippen molar-refractivity contribution in [3.05, 3.63) is 0 Å². The summed E-state index contributed by atoms with van der Waals surface area (Å²) in [6.45, 7) is 6.56. The van der Waals surface area contributed by atoms with Crippen molar-refractivity contribution in [2.45, 2.75) is 51.8 Å². The second-order valence-electron chi connectivity index (χ2n) is 4.47. The van der Waals surface area contributed by atoms with Gasteiger partial charge in [0.15, 0.2) is 0 Å². The summed E-state index contributed by atoms with van der Waals surface area (Å²) in [7, 11) is 0. The fourth-order valence-corrected chi connectivity index (χ4v) is 1.88. The molecule has 0 bridgehead atoms. The zero-order valence-electron chi connectivity index (χ0n) is 9.69. The van der Waals surface area contributed by atoms with Crippen LogP contribution in [0.4, 0.5) is 0 Å². The molecule has 1 atom stereocenters. The normalized spacial score (nSPS) is 27.5. The van der Waals surface area contributed by atoms with Gasteiger partial charge in [-0.1, -0.05) is 13.8 Å². The van der Waals surface area contributed by atoms with Gasteiger partial charge in [0.1, 0.15) is 6.04 Å². The zero-order valence-corrected chi connectivity index (χ0v) is 9.69. The van der Waals surface area contributed by atoms with Gasteiger partial charge in [0.25, 0.3) is 0 Å². The Bertz CT molecular complexity index is 212. The van der Waals surface area contributed by atoms with E-state index in [4.69, 9.17) is 9.84 Å². The molecule has 0 saturated heterocycles. The van der Waals surface area contributed by atoms with Crippen molar-refractivity contribution in [2.75, 3.05) is 6.61 Å². The predicted octanol–water partition coefficient (Wildman–Crippen LogP) is 1.25. The second kappa shape index (κ2) is 5.47. The summed E-state index contributed by atoms with van der Waals surface area (Å²) in [4.78, 5) is 10.9. The molecule has 1 rings (SSSR count). The van der Waals surface area contributed by atoms with Crippen molar-refractivity contribution in [2.24, 2.45) is 5.92 Å². The number of carboxylic acids is 1. The van der Waals surface area contributed by atoms with Crippen molar-refractivity contribution in [1.82, 2.24) is 5.32 Å². The molecule has 1 unspecified atom stereocenters. The molecule has 0 aromatic heterocycles. The highest BCUT2D eigenvalue weighted by Gasteiger charge is 2.33. The van der Waals surface area contributed by atoms with Crippen molar-refractivity contribution in [1.29, 1.82) is 0 Å². The lowest BCUT2D eigenvalue weighted by Crippen LogP contribution is -2.53. The first-order chi connectivity index (χ1) is 7.04. The molecule has 0 aromatic carbocycles. The lowest BCUT2D eigenvalue weighted by Gasteiger charge is -2.37. The highest BCUT2D eigenvalue weighted by Crippen LogP contribution is 2.24. The Balaban J connectivity index is 2.27. The summed E-state index contributed by atoms with van der Waals surface area (Å²) in [6, 6.07) is -0.123. The minimum atomic E-state index is -0.759. The number of rotatable bonds is 6. The standard InChI is InChI=1S/C11H21NO3/c1-4-15-9-5-8(6-9)12-10(7(2)3)11(13)14/h7-10,12H,4-6H2,1-3H3,(H,13,14). The fourth-order valence-electron chi connectivity index (χ4n) is 1.88. The summed E-state index contributed by atoms with van der Waals surface area (Å²) in [5, 5.41) is 12.1. The van der Waals surface area contributed by atoms with Crippen LogP contribution in [-0.2, 0) is 9.53 Å². The topological polar surface area (TPSA) is 58.6 Å². The highest BCUT2D eigenvalue weighted by atomic mass is 16.5. The maximum absolute atomic E-state index is 10.9. The molecule has 1 fully saturated rings. The molecule has 0 amide bonds. The van der Waals surface area contributed by atoms with Crippen LogP contribution in [0.3, 0.4) is 0 Å². The smallest absolute Gasteiger partial charge is 0.320 e. The van der Waals surface area contributed by atoms with Gasteiger partial charge in [0.2, 0.25) is 0 Å². The lowest BCUT2D eigenvalue weighted by molar-refractivity contribution is -0.141. The van der Waals surface area contributed by atoms with E-state index in [1.807, 2.05) is 20.8 Å². The van der Waals surface area contributed by atoms with E-state index in [1.54, 1.807) is 0 Å². The maximum atomic E-state index is 10.9. The van der Waals surface area contributed by atoms with Crippen LogP contribution in [0.2, 0.25) is 0 Å². The number of nitrogens with one attached hydrogen (secondary N) is 1. The molecule has 15 heavy (non-hydrogen) atoms. The number of aliphatic carboxylic acids is 1. The van der Waals surface area contributed by atoms with Gasteiger partial charge in [-0.05, 0) is 25.7 Å². The summed E-state index contributed by atoms with van der Waals surface area (Å²) >= 11 is 0. The molecule has 1 saturated carbocycles. The number of hydrogen-bond acceptors (Lipinski definition) is 3. The van der Waals surface area contributed by atoms with Crippen LogP contribution in [0.5, 0.6) is 0 Å². The number of carbonyl (C=O) groups is 1. The van der Waals surface area contributed by atoms with Crippen LogP contribution in [0.25, 0.3) is 0 Å². The van der Waals surface area contributed by atoms with Crippen molar-refractivity contribution in [3.63, 3.8) is 0 Å². The van der Waals surface area contributed by atoms with Crippen molar-refractivity contribution < 1.29 is 14.6 Å². The van der Waals surface area contributed by atoms with Crippen LogP contribution in [0.1, 0.15) is 33.6 Å². The van der Waals surface area contributed by atoms with Crippen LogP contribution in [-0.4, -0.2) is 35.9 Å². The number of carboxylic acid groups (broad SMARTS) is 1. The molecule has 4 nitrogen and oxygen atoms in total. The molecule has 1 aliphatic rings. The maximum Gasteiger partial charge on any atom is 0.320 e. The van der Waals surface area contributed by atoms with Gasteiger partial charge >= 0.3 is 5.97 Å². The average molecular weight is 215 g/mol. The SMILES string of the molecule is CCOC1CC(NC(C(=O)O)C(C)C)C1. The van der Waals surface area contributed by atoms with E-state index in [2.05, 4.69) is 5.32 Å². The number of ether oxygens (including phenoxy) is 1. The molecule has 0 heterocycles. The summed E-state index contributed by atoms with van der Waals surface area (Å²) < 4.78 is 5.42. The zero-order chi connectivity index (χ0) is 11.4. The molecule has 2 N–H and O–H groups in total. The van der Waals surface area contributed by atoms with E-state index >= 15 is 0 Å². The van der Waals surface area contributed by atoms with E-state index < -0.39 is 12.0 Å². The molecule has 1 aliphatic carbocycles. The third-order valence-corrected chi connectivity index (χ3v) is 2.85. The van der Waals surface area contributed by atoms with Gasteiger partial charge in [-0.2, -0.15) is 0 Å². The largest absolute Gasteiger partial charge is 0.480 e. The molecule has 88 valence electrons. The lowest BCUT2D eigenvalue weighted by atomic mass is 9.87. The monoisotopic (exact) mass is 215 g/mol. The van der Waals surface area contributed by atoms with Gasteiger partial charge in [0, 0.05) is 12.6 Å². The quantitative estimate of drug-likeness (QED) is 0.700. The van der Waals surface area contributed by atoms with Crippen molar-refractivity contribution in [3.8, 4) is 0 Å². The summed E-state index contributed by atoms with van der Waals surface area (Å²) in [5.74, 6) is -0.640. The van der Waals surface area contributed by atoms with Crippen LogP contribution >= 0.6 is 0 Å². The minimum Gasteiger partial charge on any atom is -0.480 e. The Kier molecular flexibility index (Phi) is 4.54. The third kappa shape index (κ3) is 3.47. The molecule has 0 aromatic rings. The third-order valence-electron chi connectivity index (χ3n) is 2.85. The van der Waals surface area contributed by atoms with Crippen molar-refractivity contribution >= 4 is 5.97 Å². The van der Waals surface area contributed by atoms with Gasteiger partial charge in [-0.15, -0.1) is 0 Å². The van der Waals surface area contributed by atoms with Crippen LogP contribution < -0.4 is 5.32 Å². The minimum absolute atomic E-state index is 0.119. The average Bonchev–Trinajstić information content (AvgIpc) is 2.07. The van der Waals surface area contributed by atoms with Gasteiger partial charge in [-0.25, -0.2) is 0 Å². The highest BCUT2D eigenvalue weighted by molar-refractivity contribution is 5.73. The molecule has 0 spiro atoms. The molecular formula is C11H21NO3. The molecule has 4 heteroatoms.